The van der Waals surface area contributed by atoms with E-state index in [9.17, 15) is 4.79 Å². The molecule has 1 aliphatic heterocycles. The first-order valence-corrected chi connectivity index (χ1v) is 7.71. The van der Waals surface area contributed by atoms with Crippen LogP contribution < -0.4 is 0 Å². The molecule has 0 spiro atoms. The standard InChI is InChI=1S/C16H29NO2/c1-13-5-7-16(12-18,8-6-13)11-17-9-14(2)19-15(3,4)10-17/h12-14H,5-11H2,1-4H3. The normalized spacial score (nSPS) is 40.0. The third-order valence-corrected chi connectivity index (χ3v) is 4.70. The molecule has 1 aliphatic carbocycles. The van der Waals surface area contributed by atoms with Gasteiger partial charge in [0.05, 0.1) is 11.7 Å². The number of carbonyl (C=O) groups is 1. The summed E-state index contributed by atoms with van der Waals surface area (Å²) in [5.41, 5.74) is -0.191. The first-order valence-electron chi connectivity index (χ1n) is 7.71. The second-order valence-corrected chi connectivity index (χ2v) is 7.52. The molecule has 0 aromatic rings. The van der Waals surface area contributed by atoms with Crippen LogP contribution >= 0.6 is 0 Å². The van der Waals surface area contributed by atoms with Gasteiger partial charge in [-0.05, 0) is 52.4 Å². The largest absolute Gasteiger partial charge is 0.370 e. The molecule has 0 amide bonds. The summed E-state index contributed by atoms with van der Waals surface area (Å²) >= 11 is 0. The maximum atomic E-state index is 11.6. The van der Waals surface area contributed by atoms with Crippen LogP contribution in [0.2, 0.25) is 0 Å². The van der Waals surface area contributed by atoms with Crippen LogP contribution in [0.15, 0.2) is 0 Å². The predicted octanol–water partition coefficient (Wildman–Crippen LogP) is 2.88. The first kappa shape index (κ1) is 15.0. The summed E-state index contributed by atoms with van der Waals surface area (Å²) < 4.78 is 5.95. The van der Waals surface area contributed by atoms with Crippen molar-refractivity contribution in [1.29, 1.82) is 0 Å². The zero-order valence-corrected chi connectivity index (χ0v) is 12.9. The summed E-state index contributed by atoms with van der Waals surface area (Å²) in [5, 5.41) is 0. The van der Waals surface area contributed by atoms with Gasteiger partial charge in [0.25, 0.3) is 0 Å². The predicted molar refractivity (Wildman–Crippen MR) is 77.2 cm³/mol. The lowest BCUT2D eigenvalue weighted by Gasteiger charge is -2.46. The van der Waals surface area contributed by atoms with Gasteiger partial charge >= 0.3 is 0 Å². The second-order valence-electron chi connectivity index (χ2n) is 7.52. The highest BCUT2D eigenvalue weighted by Gasteiger charge is 2.39. The van der Waals surface area contributed by atoms with Crippen LogP contribution in [0, 0.1) is 11.3 Å². The monoisotopic (exact) mass is 267 g/mol. The fourth-order valence-electron chi connectivity index (χ4n) is 3.80. The van der Waals surface area contributed by atoms with E-state index in [1.54, 1.807) is 0 Å². The number of carbonyl (C=O) groups excluding carboxylic acids is 1. The minimum Gasteiger partial charge on any atom is -0.370 e. The number of morpholine rings is 1. The van der Waals surface area contributed by atoms with Crippen LogP contribution in [0.4, 0.5) is 0 Å². The van der Waals surface area contributed by atoms with E-state index in [0.717, 1.165) is 38.4 Å². The highest BCUT2D eigenvalue weighted by molar-refractivity contribution is 5.60. The van der Waals surface area contributed by atoms with E-state index >= 15 is 0 Å². The molecule has 19 heavy (non-hydrogen) atoms. The number of hydrogen-bond acceptors (Lipinski definition) is 3. The van der Waals surface area contributed by atoms with Crippen molar-refractivity contribution in [2.24, 2.45) is 11.3 Å². The maximum Gasteiger partial charge on any atom is 0.127 e. The number of rotatable bonds is 3. The average molecular weight is 267 g/mol. The quantitative estimate of drug-likeness (QED) is 0.736. The van der Waals surface area contributed by atoms with Gasteiger partial charge in [0.2, 0.25) is 0 Å². The van der Waals surface area contributed by atoms with Gasteiger partial charge in [-0.1, -0.05) is 6.92 Å². The molecule has 1 heterocycles. The number of hydrogen-bond donors (Lipinski definition) is 0. The molecule has 1 unspecified atom stereocenters. The van der Waals surface area contributed by atoms with Crippen LogP contribution in [-0.2, 0) is 9.53 Å². The lowest BCUT2D eigenvalue weighted by molar-refractivity contribution is -0.142. The fourth-order valence-corrected chi connectivity index (χ4v) is 3.80. The molecule has 1 saturated heterocycles. The van der Waals surface area contributed by atoms with Crippen molar-refractivity contribution in [2.45, 2.75) is 65.1 Å². The van der Waals surface area contributed by atoms with Crippen molar-refractivity contribution in [3.05, 3.63) is 0 Å². The van der Waals surface area contributed by atoms with Gasteiger partial charge in [-0.15, -0.1) is 0 Å². The molecular formula is C16H29NO2. The topological polar surface area (TPSA) is 29.5 Å². The number of nitrogens with zero attached hydrogens (tertiary/aromatic N) is 1. The lowest BCUT2D eigenvalue weighted by atomic mass is 9.71. The Morgan fingerprint density at radius 3 is 2.42 bits per heavy atom. The first-order chi connectivity index (χ1) is 8.84. The molecule has 0 radical (unpaired) electrons. The van der Waals surface area contributed by atoms with Crippen molar-refractivity contribution in [1.82, 2.24) is 4.90 Å². The lowest BCUT2D eigenvalue weighted by Crippen LogP contribution is -2.55. The van der Waals surface area contributed by atoms with E-state index in [1.165, 1.54) is 19.1 Å². The summed E-state index contributed by atoms with van der Waals surface area (Å²) in [6.07, 6.45) is 6.01. The van der Waals surface area contributed by atoms with Gasteiger partial charge < -0.3 is 9.53 Å². The van der Waals surface area contributed by atoms with E-state index in [-0.39, 0.29) is 17.1 Å². The van der Waals surface area contributed by atoms with Crippen molar-refractivity contribution in [2.75, 3.05) is 19.6 Å². The fraction of sp³-hybridized carbons (Fsp3) is 0.938. The van der Waals surface area contributed by atoms with Gasteiger partial charge in [0.1, 0.15) is 6.29 Å². The highest BCUT2D eigenvalue weighted by Crippen LogP contribution is 2.38. The Hall–Kier alpha value is -0.410. The van der Waals surface area contributed by atoms with E-state index in [1.807, 2.05) is 0 Å². The minimum absolute atomic E-state index is 0.0936. The van der Waals surface area contributed by atoms with Gasteiger partial charge in [-0.25, -0.2) is 0 Å². The smallest absolute Gasteiger partial charge is 0.127 e. The molecular weight excluding hydrogens is 238 g/mol. The van der Waals surface area contributed by atoms with Crippen LogP contribution in [0.3, 0.4) is 0 Å². The zero-order chi connectivity index (χ0) is 14.1. The Kier molecular flexibility index (Phi) is 4.36. The molecule has 0 bridgehead atoms. The van der Waals surface area contributed by atoms with Gasteiger partial charge in [0, 0.05) is 25.0 Å². The summed E-state index contributed by atoms with van der Waals surface area (Å²) in [6.45, 7) is 11.5. The molecule has 3 nitrogen and oxygen atoms in total. The minimum atomic E-state index is -0.0976. The van der Waals surface area contributed by atoms with Crippen molar-refractivity contribution >= 4 is 6.29 Å². The molecule has 1 saturated carbocycles. The van der Waals surface area contributed by atoms with Gasteiger partial charge in [-0.2, -0.15) is 0 Å². The van der Waals surface area contributed by atoms with E-state index in [2.05, 4.69) is 32.6 Å². The SMILES string of the molecule is CC1CCC(C=O)(CN2CC(C)OC(C)(C)C2)CC1. The summed E-state index contributed by atoms with van der Waals surface area (Å²) in [6, 6.07) is 0. The van der Waals surface area contributed by atoms with Crippen LogP contribution in [0.1, 0.15) is 53.4 Å². The van der Waals surface area contributed by atoms with E-state index in [0.29, 0.717) is 0 Å². The van der Waals surface area contributed by atoms with Gasteiger partial charge in [0.15, 0.2) is 0 Å². The Morgan fingerprint density at radius 2 is 1.89 bits per heavy atom. The van der Waals surface area contributed by atoms with Crippen LogP contribution in [0.25, 0.3) is 0 Å². The van der Waals surface area contributed by atoms with Crippen LogP contribution in [0.5, 0.6) is 0 Å². The summed E-state index contributed by atoms with van der Waals surface area (Å²) in [4.78, 5) is 14.1. The third kappa shape index (κ3) is 3.79. The molecule has 0 aromatic carbocycles. The maximum absolute atomic E-state index is 11.6. The van der Waals surface area contributed by atoms with E-state index in [4.69, 9.17) is 4.74 Å². The third-order valence-electron chi connectivity index (χ3n) is 4.70. The Morgan fingerprint density at radius 1 is 1.26 bits per heavy atom. The molecule has 2 rings (SSSR count). The molecule has 1 atom stereocenters. The Bertz CT molecular complexity index is 319. The molecule has 0 N–H and O–H groups in total. The Labute approximate surface area is 117 Å². The van der Waals surface area contributed by atoms with Crippen molar-refractivity contribution in [3.8, 4) is 0 Å². The molecule has 2 aliphatic rings. The van der Waals surface area contributed by atoms with Crippen molar-refractivity contribution < 1.29 is 9.53 Å². The summed E-state index contributed by atoms with van der Waals surface area (Å²) in [7, 11) is 0. The van der Waals surface area contributed by atoms with Gasteiger partial charge in [-0.3, -0.25) is 4.90 Å². The summed E-state index contributed by atoms with van der Waals surface area (Å²) in [5.74, 6) is 0.785. The molecule has 110 valence electrons. The van der Waals surface area contributed by atoms with Crippen molar-refractivity contribution in [3.63, 3.8) is 0 Å². The zero-order valence-electron chi connectivity index (χ0n) is 12.9. The molecule has 0 aromatic heterocycles. The highest BCUT2D eigenvalue weighted by atomic mass is 16.5. The average Bonchev–Trinajstić information content (AvgIpc) is 2.30. The number of aldehydes is 1. The molecule has 2 fully saturated rings. The van der Waals surface area contributed by atoms with E-state index < -0.39 is 0 Å². The second kappa shape index (κ2) is 5.53. The number of ether oxygens (including phenoxy) is 1. The Balaban J connectivity index is 2.00. The molecule has 3 heteroatoms. The van der Waals surface area contributed by atoms with Crippen LogP contribution in [-0.4, -0.2) is 42.5 Å².